The smallest absolute Gasteiger partial charge is 0.285 e. The van der Waals surface area contributed by atoms with Gasteiger partial charge >= 0.3 is 0 Å². The van der Waals surface area contributed by atoms with Crippen LogP contribution < -0.4 is 5.32 Å². The first-order valence-electron chi connectivity index (χ1n) is 5.10. The number of aryl methyl sites for hydroxylation is 1. The van der Waals surface area contributed by atoms with Gasteiger partial charge in [-0.25, -0.2) is 0 Å². The largest absolute Gasteiger partial charge is 0.309 e. The van der Waals surface area contributed by atoms with E-state index < -0.39 is 5.92 Å². The van der Waals surface area contributed by atoms with Gasteiger partial charge in [-0.15, -0.1) is 0 Å². The van der Waals surface area contributed by atoms with Crippen molar-refractivity contribution in [2.75, 3.05) is 6.54 Å². The van der Waals surface area contributed by atoms with Crippen molar-refractivity contribution in [3.8, 4) is 0 Å². The van der Waals surface area contributed by atoms with Crippen LogP contribution in [0, 0.1) is 6.92 Å². The molecule has 0 amide bonds. The molecule has 0 radical (unpaired) electrons. The Hall–Kier alpha value is -0.960. The van der Waals surface area contributed by atoms with Crippen LogP contribution in [0.15, 0.2) is 24.3 Å². The van der Waals surface area contributed by atoms with E-state index in [4.69, 9.17) is 0 Å². The van der Waals surface area contributed by atoms with Crippen LogP contribution >= 0.6 is 0 Å². The lowest BCUT2D eigenvalue weighted by atomic mass is 10.1. The third-order valence-corrected chi connectivity index (χ3v) is 2.17. The van der Waals surface area contributed by atoms with E-state index in [0.29, 0.717) is 0 Å². The first kappa shape index (κ1) is 12.1. The Bertz CT molecular complexity index is 321. The molecule has 84 valence electrons. The van der Waals surface area contributed by atoms with Gasteiger partial charge in [-0.2, -0.15) is 8.78 Å². The molecule has 1 nitrogen and oxygen atoms in total. The average molecular weight is 213 g/mol. The number of halogens is 2. The first-order valence-corrected chi connectivity index (χ1v) is 5.10. The number of benzene rings is 1. The molecule has 1 aromatic rings. The molecule has 0 aliphatic heterocycles. The second kappa shape index (κ2) is 4.71. The number of alkyl halides is 2. The van der Waals surface area contributed by atoms with Gasteiger partial charge in [-0.05, 0) is 6.92 Å². The fourth-order valence-electron chi connectivity index (χ4n) is 1.31. The highest BCUT2D eigenvalue weighted by Gasteiger charge is 2.31. The van der Waals surface area contributed by atoms with E-state index in [2.05, 4.69) is 5.32 Å². The minimum Gasteiger partial charge on any atom is -0.309 e. The zero-order chi connectivity index (χ0) is 11.5. The SMILES string of the molecule is Cc1cccc(C(F)(F)CNC(C)C)c1. The van der Waals surface area contributed by atoms with Crippen molar-refractivity contribution >= 4 is 0 Å². The van der Waals surface area contributed by atoms with Crippen molar-refractivity contribution in [1.29, 1.82) is 0 Å². The molecule has 1 rings (SSSR count). The van der Waals surface area contributed by atoms with E-state index in [1.165, 1.54) is 12.1 Å². The molecule has 0 bridgehead atoms. The van der Waals surface area contributed by atoms with Crippen molar-refractivity contribution < 1.29 is 8.78 Å². The molecule has 0 aromatic heterocycles. The number of hydrogen-bond donors (Lipinski definition) is 1. The van der Waals surface area contributed by atoms with Gasteiger partial charge in [0.25, 0.3) is 5.92 Å². The molecule has 3 heteroatoms. The van der Waals surface area contributed by atoms with Crippen molar-refractivity contribution in [2.24, 2.45) is 0 Å². The summed E-state index contributed by atoms with van der Waals surface area (Å²) < 4.78 is 27.3. The van der Waals surface area contributed by atoms with Crippen LogP contribution in [0.4, 0.5) is 8.78 Å². The predicted octanol–water partition coefficient (Wildman–Crippen LogP) is 3.08. The van der Waals surface area contributed by atoms with E-state index in [0.717, 1.165) is 5.56 Å². The average Bonchev–Trinajstić information content (AvgIpc) is 2.15. The zero-order valence-electron chi connectivity index (χ0n) is 9.35. The molecule has 0 saturated heterocycles. The third kappa shape index (κ3) is 3.59. The molecule has 15 heavy (non-hydrogen) atoms. The lowest BCUT2D eigenvalue weighted by Crippen LogP contribution is -2.34. The van der Waals surface area contributed by atoms with Crippen molar-refractivity contribution in [3.05, 3.63) is 35.4 Å². The van der Waals surface area contributed by atoms with Crippen LogP contribution in [0.5, 0.6) is 0 Å². The molecule has 1 aromatic carbocycles. The van der Waals surface area contributed by atoms with Gasteiger partial charge in [0.05, 0.1) is 6.54 Å². The summed E-state index contributed by atoms with van der Waals surface area (Å²) in [5, 5.41) is 2.75. The summed E-state index contributed by atoms with van der Waals surface area (Å²) in [5.41, 5.74) is 0.937. The summed E-state index contributed by atoms with van der Waals surface area (Å²) in [5.74, 6) is -2.80. The second-order valence-electron chi connectivity index (χ2n) is 4.11. The number of hydrogen-bond acceptors (Lipinski definition) is 1. The summed E-state index contributed by atoms with van der Waals surface area (Å²) in [4.78, 5) is 0. The van der Waals surface area contributed by atoms with E-state index in [-0.39, 0.29) is 18.2 Å². The Balaban J connectivity index is 2.76. The Morgan fingerprint density at radius 2 is 2.00 bits per heavy atom. The topological polar surface area (TPSA) is 12.0 Å². The Morgan fingerprint density at radius 3 is 2.53 bits per heavy atom. The van der Waals surface area contributed by atoms with Gasteiger partial charge < -0.3 is 5.32 Å². The molecule has 0 unspecified atom stereocenters. The lowest BCUT2D eigenvalue weighted by Gasteiger charge is -2.19. The summed E-state index contributed by atoms with van der Waals surface area (Å²) in [6.45, 7) is 5.21. The van der Waals surface area contributed by atoms with Gasteiger partial charge in [-0.1, -0.05) is 43.7 Å². The minimum atomic E-state index is -2.80. The number of rotatable bonds is 4. The molecule has 0 saturated carbocycles. The molecule has 1 N–H and O–H groups in total. The zero-order valence-corrected chi connectivity index (χ0v) is 9.35. The molecular weight excluding hydrogens is 196 g/mol. The highest BCUT2D eigenvalue weighted by molar-refractivity contribution is 5.26. The van der Waals surface area contributed by atoms with Crippen molar-refractivity contribution in [3.63, 3.8) is 0 Å². The summed E-state index contributed by atoms with van der Waals surface area (Å²) in [7, 11) is 0. The molecule has 0 fully saturated rings. The van der Waals surface area contributed by atoms with Gasteiger partial charge in [0.1, 0.15) is 0 Å². The Kier molecular flexibility index (Phi) is 3.80. The van der Waals surface area contributed by atoms with Gasteiger partial charge in [0, 0.05) is 11.6 Å². The van der Waals surface area contributed by atoms with Crippen LogP contribution in [0.1, 0.15) is 25.0 Å². The normalized spacial score (nSPS) is 12.1. The minimum absolute atomic E-state index is 0.0701. The Labute approximate surface area is 89.5 Å². The van der Waals surface area contributed by atoms with E-state index in [1.54, 1.807) is 6.07 Å². The predicted molar refractivity (Wildman–Crippen MR) is 58.2 cm³/mol. The van der Waals surface area contributed by atoms with E-state index in [1.807, 2.05) is 26.8 Å². The molecule has 0 heterocycles. The molecule has 0 aliphatic rings. The molecule has 0 spiro atoms. The van der Waals surface area contributed by atoms with Crippen molar-refractivity contribution in [2.45, 2.75) is 32.7 Å². The van der Waals surface area contributed by atoms with Crippen LogP contribution in [-0.2, 0) is 5.92 Å². The lowest BCUT2D eigenvalue weighted by molar-refractivity contribution is -0.00489. The van der Waals surface area contributed by atoms with E-state index >= 15 is 0 Å². The highest BCUT2D eigenvalue weighted by Crippen LogP contribution is 2.27. The van der Waals surface area contributed by atoms with E-state index in [9.17, 15) is 8.78 Å². The molecule has 0 atom stereocenters. The third-order valence-electron chi connectivity index (χ3n) is 2.17. The van der Waals surface area contributed by atoms with Crippen LogP contribution in [0.25, 0.3) is 0 Å². The van der Waals surface area contributed by atoms with Crippen molar-refractivity contribution in [1.82, 2.24) is 5.32 Å². The fourth-order valence-corrected chi connectivity index (χ4v) is 1.31. The summed E-state index contributed by atoms with van der Waals surface area (Å²) in [6.07, 6.45) is 0. The van der Waals surface area contributed by atoms with Gasteiger partial charge in [0.15, 0.2) is 0 Å². The summed E-state index contributed by atoms with van der Waals surface area (Å²) >= 11 is 0. The molecular formula is C12H17F2N. The maximum Gasteiger partial charge on any atom is 0.285 e. The van der Waals surface area contributed by atoms with Crippen LogP contribution in [-0.4, -0.2) is 12.6 Å². The monoisotopic (exact) mass is 213 g/mol. The fraction of sp³-hybridized carbons (Fsp3) is 0.500. The molecule has 0 aliphatic carbocycles. The maximum atomic E-state index is 13.6. The van der Waals surface area contributed by atoms with Gasteiger partial charge in [0.2, 0.25) is 0 Å². The Morgan fingerprint density at radius 1 is 1.33 bits per heavy atom. The first-order chi connectivity index (χ1) is 6.92. The number of nitrogens with one attached hydrogen (secondary N) is 1. The van der Waals surface area contributed by atoms with Crippen LogP contribution in [0.2, 0.25) is 0 Å². The maximum absolute atomic E-state index is 13.6. The van der Waals surface area contributed by atoms with Gasteiger partial charge in [-0.3, -0.25) is 0 Å². The van der Waals surface area contributed by atoms with Crippen LogP contribution in [0.3, 0.4) is 0 Å². The quantitative estimate of drug-likeness (QED) is 0.810. The second-order valence-corrected chi connectivity index (χ2v) is 4.11. The summed E-state index contributed by atoms with van der Waals surface area (Å²) in [6, 6.07) is 6.54. The highest BCUT2D eigenvalue weighted by atomic mass is 19.3. The standard InChI is InChI=1S/C12H17F2N/c1-9(2)15-8-12(13,14)11-6-4-5-10(3)7-11/h4-7,9,15H,8H2,1-3H3.